The maximum Gasteiger partial charge on any atom is 0.238 e. The molecule has 0 aliphatic heterocycles. The number of ether oxygens (including phenoxy) is 1. The first-order valence-corrected chi connectivity index (χ1v) is 7.84. The summed E-state index contributed by atoms with van der Waals surface area (Å²) in [5.74, 6) is 0.887. The van der Waals surface area contributed by atoms with Crippen LogP contribution in [0, 0.1) is 6.92 Å². The molecule has 0 aliphatic carbocycles. The number of primary sulfonamides is 1. The minimum atomic E-state index is -3.74. The Morgan fingerprint density at radius 1 is 1.10 bits per heavy atom. The van der Waals surface area contributed by atoms with E-state index in [0.717, 1.165) is 0 Å². The lowest BCUT2D eigenvalue weighted by molar-refractivity contribution is 0.482. The molecule has 4 nitrogen and oxygen atoms in total. The summed E-state index contributed by atoms with van der Waals surface area (Å²) in [6.45, 7) is 1.63. The van der Waals surface area contributed by atoms with Gasteiger partial charge in [0.25, 0.3) is 0 Å². The molecule has 2 rings (SSSR count). The van der Waals surface area contributed by atoms with E-state index in [-0.39, 0.29) is 4.90 Å². The molecule has 2 N–H and O–H groups in total. The lowest BCUT2D eigenvalue weighted by Crippen LogP contribution is -2.13. The van der Waals surface area contributed by atoms with Gasteiger partial charge in [0.05, 0.1) is 9.92 Å². The third kappa shape index (κ3) is 3.43. The summed E-state index contributed by atoms with van der Waals surface area (Å²) < 4.78 is 28.2. The molecule has 0 bridgehead atoms. The minimum Gasteiger partial charge on any atom is -0.456 e. The fourth-order valence-corrected chi connectivity index (χ4v) is 2.90. The SMILES string of the molecule is Cc1cc(Oc2ccc(Cl)cc2Cl)ccc1S(N)(=O)=O. The number of aryl methyl sites for hydroxylation is 1. The van der Waals surface area contributed by atoms with Crippen LogP contribution >= 0.6 is 23.2 Å². The van der Waals surface area contributed by atoms with Crippen LogP contribution in [-0.4, -0.2) is 8.42 Å². The van der Waals surface area contributed by atoms with Crippen LogP contribution in [0.25, 0.3) is 0 Å². The van der Waals surface area contributed by atoms with Crippen LogP contribution < -0.4 is 9.88 Å². The molecule has 0 saturated heterocycles. The van der Waals surface area contributed by atoms with Gasteiger partial charge in [-0.15, -0.1) is 0 Å². The number of benzene rings is 2. The Labute approximate surface area is 127 Å². The van der Waals surface area contributed by atoms with Crippen LogP contribution in [0.1, 0.15) is 5.56 Å². The van der Waals surface area contributed by atoms with Crippen LogP contribution in [0.5, 0.6) is 11.5 Å². The highest BCUT2D eigenvalue weighted by Crippen LogP contribution is 2.32. The second-order valence-corrected chi connectivity index (χ2v) is 6.52. The van der Waals surface area contributed by atoms with Crippen molar-refractivity contribution in [2.24, 2.45) is 5.14 Å². The number of nitrogens with two attached hydrogens (primary N) is 1. The van der Waals surface area contributed by atoms with Crippen molar-refractivity contribution in [3.63, 3.8) is 0 Å². The van der Waals surface area contributed by atoms with Crippen molar-refractivity contribution in [2.45, 2.75) is 11.8 Å². The van der Waals surface area contributed by atoms with Crippen molar-refractivity contribution in [3.8, 4) is 11.5 Å². The van der Waals surface area contributed by atoms with Gasteiger partial charge in [-0.3, -0.25) is 0 Å². The zero-order chi connectivity index (χ0) is 14.9. The first-order chi connectivity index (χ1) is 9.27. The third-order valence-corrected chi connectivity index (χ3v) is 4.18. The first-order valence-electron chi connectivity index (χ1n) is 5.54. The molecule has 0 radical (unpaired) electrons. The van der Waals surface area contributed by atoms with Crippen LogP contribution in [0.2, 0.25) is 10.0 Å². The molecule has 20 heavy (non-hydrogen) atoms. The molecule has 0 spiro atoms. The van der Waals surface area contributed by atoms with Gasteiger partial charge in [0.15, 0.2) is 0 Å². The molecule has 0 heterocycles. The van der Waals surface area contributed by atoms with E-state index in [9.17, 15) is 8.42 Å². The number of sulfonamides is 1. The lowest BCUT2D eigenvalue weighted by Gasteiger charge is -2.10. The summed E-state index contributed by atoms with van der Waals surface area (Å²) in [6.07, 6.45) is 0. The van der Waals surface area contributed by atoms with Crippen molar-refractivity contribution in [1.29, 1.82) is 0 Å². The Balaban J connectivity index is 2.34. The molecule has 0 unspecified atom stereocenters. The van der Waals surface area contributed by atoms with Crippen molar-refractivity contribution < 1.29 is 13.2 Å². The second kappa shape index (κ2) is 5.61. The van der Waals surface area contributed by atoms with Crippen molar-refractivity contribution >= 4 is 33.2 Å². The highest BCUT2D eigenvalue weighted by molar-refractivity contribution is 7.89. The third-order valence-electron chi connectivity index (χ3n) is 2.57. The van der Waals surface area contributed by atoms with E-state index in [0.29, 0.717) is 27.1 Å². The summed E-state index contributed by atoms with van der Waals surface area (Å²) in [7, 11) is -3.74. The fraction of sp³-hybridized carbons (Fsp3) is 0.0769. The molecular formula is C13H11Cl2NO3S. The molecule has 106 valence electrons. The normalized spacial score (nSPS) is 11.4. The zero-order valence-electron chi connectivity index (χ0n) is 10.4. The maximum absolute atomic E-state index is 11.3. The number of halogens is 2. The molecule has 0 saturated carbocycles. The highest BCUT2D eigenvalue weighted by Gasteiger charge is 2.12. The molecule has 0 amide bonds. The minimum absolute atomic E-state index is 0.0621. The van der Waals surface area contributed by atoms with E-state index in [1.807, 2.05) is 0 Å². The van der Waals surface area contributed by atoms with Gasteiger partial charge in [-0.05, 0) is 48.9 Å². The molecule has 7 heteroatoms. The van der Waals surface area contributed by atoms with Crippen LogP contribution in [0.4, 0.5) is 0 Å². The Bertz CT molecular complexity index is 760. The van der Waals surface area contributed by atoms with E-state index in [4.69, 9.17) is 33.1 Å². The van der Waals surface area contributed by atoms with E-state index in [1.54, 1.807) is 31.2 Å². The molecule has 0 fully saturated rings. The number of hydrogen-bond donors (Lipinski definition) is 1. The average molecular weight is 332 g/mol. The summed E-state index contributed by atoms with van der Waals surface area (Å²) in [5, 5.41) is 5.97. The molecular weight excluding hydrogens is 321 g/mol. The Morgan fingerprint density at radius 3 is 2.35 bits per heavy atom. The monoisotopic (exact) mass is 331 g/mol. The summed E-state index contributed by atoms with van der Waals surface area (Å²) in [5.41, 5.74) is 0.495. The average Bonchev–Trinajstić information content (AvgIpc) is 2.31. The quantitative estimate of drug-likeness (QED) is 0.931. The standard InChI is InChI=1S/C13H11Cl2NO3S/c1-8-6-10(3-5-13(8)20(16,17)18)19-12-4-2-9(14)7-11(12)15/h2-7H,1H3,(H2,16,17,18). The number of hydrogen-bond acceptors (Lipinski definition) is 3. The molecule has 0 aromatic heterocycles. The summed E-state index contributed by atoms with van der Waals surface area (Å²) in [6, 6.07) is 9.32. The molecule has 2 aromatic rings. The van der Waals surface area contributed by atoms with Gasteiger partial charge in [0.1, 0.15) is 11.5 Å². The topological polar surface area (TPSA) is 69.4 Å². The predicted molar refractivity (Wildman–Crippen MR) is 79.1 cm³/mol. The Morgan fingerprint density at radius 2 is 1.80 bits per heavy atom. The van der Waals surface area contributed by atoms with Crippen LogP contribution in [0.3, 0.4) is 0 Å². The Kier molecular flexibility index (Phi) is 4.25. The number of rotatable bonds is 3. The van der Waals surface area contributed by atoms with E-state index < -0.39 is 10.0 Å². The largest absolute Gasteiger partial charge is 0.456 e. The predicted octanol–water partition coefficient (Wildman–Crippen LogP) is 3.74. The van der Waals surface area contributed by atoms with Gasteiger partial charge in [-0.25, -0.2) is 13.6 Å². The second-order valence-electron chi connectivity index (χ2n) is 4.15. The van der Waals surface area contributed by atoms with Gasteiger partial charge in [-0.2, -0.15) is 0 Å². The van der Waals surface area contributed by atoms with Gasteiger partial charge >= 0.3 is 0 Å². The van der Waals surface area contributed by atoms with E-state index >= 15 is 0 Å². The molecule has 0 aliphatic rings. The van der Waals surface area contributed by atoms with Crippen molar-refractivity contribution in [1.82, 2.24) is 0 Å². The fourth-order valence-electron chi connectivity index (χ4n) is 1.69. The van der Waals surface area contributed by atoms with Crippen molar-refractivity contribution in [3.05, 3.63) is 52.0 Å². The summed E-state index contributed by atoms with van der Waals surface area (Å²) in [4.78, 5) is 0.0621. The smallest absolute Gasteiger partial charge is 0.238 e. The first kappa shape index (κ1) is 15.1. The lowest BCUT2D eigenvalue weighted by atomic mass is 10.2. The summed E-state index contributed by atoms with van der Waals surface area (Å²) >= 11 is 11.8. The van der Waals surface area contributed by atoms with Gasteiger partial charge in [0, 0.05) is 5.02 Å². The van der Waals surface area contributed by atoms with Crippen LogP contribution in [-0.2, 0) is 10.0 Å². The Hall–Kier alpha value is -1.27. The van der Waals surface area contributed by atoms with E-state index in [2.05, 4.69) is 0 Å². The molecule has 0 atom stereocenters. The maximum atomic E-state index is 11.3. The zero-order valence-corrected chi connectivity index (χ0v) is 12.8. The van der Waals surface area contributed by atoms with Crippen LogP contribution in [0.15, 0.2) is 41.3 Å². The molecule has 2 aromatic carbocycles. The van der Waals surface area contributed by atoms with E-state index in [1.165, 1.54) is 12.1 Å². The van der Waals surface area contributed by atoms with Gasteiger partial charge < -0.3 is 4.74 Å². The highest BCUT2D eigenvalue weighted by atomic mass is 35.5. The van der Waals surface area contributed by atoms with Crippen molar-refractivity contribution in [2.75, 3.05) is 0 Å². The van der Waals surface area contributed by atoms with Gasteiger partial charge in [0.2, 0.25) is 10.0 Å². The van der Waals surface area contributed by atoms with Gasteiger partial charge in [-0.1, -0.05) is 23.2 Å².